The van der Waals surface area contributed by atoms with E-state index in [-0.39, 0.29) is 29.3 Å². The van der Waals surface area contributed by atoms with Crippen LogP contribution in [0, 0.1) is 11.7 Å². The normalized spacial score (nSPS) is 19.7. The molecule has 2 aromatic rings. The number of benzene rings is 1. The van der Waals surface area contributed by atoms with Crippen molar-refractivity contribution in [2.75, 3.05) is 6.54 Å². The summed E-state index contributed by atoms with van der Waals surface area (Å²) in [5.41, 5.74) is 1.72. The van der Waals surface area contributed by atoms with E-state index in [9.17, 15) is 18.8 Å². The van der Waals surface area contributed by atoms with Gasteiger partial charge >= 0.3 is 0 Å². The fourth-order valence-electron chi connectivity index (χ4n) is 4.60. The van der Waals surface area contributed by atoms with Crippen LogP contribution in [0.15, 0.2) is 47.4 Å². The third-order valence-corrected chi connectivity index (χ3v) is 6.55. The van der Waals surface area contributed by atoms with Crippen molar-refractivity contribution in [1.82, 2.24) is 14.8 Å². The van der Waals surface area contributed by atoms with E-state index < -0.39 is 11.4 Å². The van der Waals surface area contributed by atoms with Crippen molar-refractivity contribution < 1.29 is 14.0 Å². The number of nitrogens with zero attached hydrogens (tertiary/aromatic N) is 2. The second-order valence-electron chi connectivity index (χ2n) is 8.94. The van der Waals surface area contributed by atoms with E-state index in [0.29, 0.717) is 31.6 Å². The van der Waals surface area contributed by atoms with Gasteiger partial charge in [-0.05, 0) is 73.4 Å². The van der Waals surface area contributed by atoms with Crippen molar-refractivity contribution in [1.29, 1.82) is 0 Å². The maximum Gasteiger partial charge on any atom is 0.268 e. The average Bonchev–Trinajstić information content (AvgIpc) is 3.45. The van der Waals surface area contributed by atoms with Gasteiger partial charge in [-0.3, -0.25) is 19.0 Å². The van der Waals surface area contributed by atoms with Crippen molar-refractivity contribution in [3.8, 4) is 5.69 Å². The van der Waals surface area contributed by atoms with Crippen LogP contribution in [0.1, 0.15) is 53.6 Å². The number of carbonyl (C=O) groups excluding carboxylic acids is 2. The van der Waals surface area contributed by atoms with Crippen LogP contribution < -0.4 is 10.9 Å². The Morgan fingerprint density at radius 3 is 2.59 bits per heavy atom. The first kappa shape index (κ1) is 20.7. The van der Waals surface area contributed by atoms with Crippen LogP contribution in [0.4, 0.5) is 4.39 Å². The number of rotatable bonds is 5. The zero-order valence-corrected chi connectivity index (χ0v) is 17.9. The topological polar surface area (TPSA) is 71.4 Å². The number of hydrogen-bond donors (Lipinski definition) is 1. The lowest BCUT2D eigenvalue weighted by atomic mass is 9.95. The molecule has 7 heteroatoms. The maximum absolute atomic E-state index is 13.4. The lowest BCUT2D eigenvalue weighted by molar-refractivity contribution is -0.132. The Balaban J connectivity index is 1.50. The van der Waals surface area contributed by atoms with Gasteiger partial charge in [-0.2, -0.15) is 0 Å². The van der Waals surface area contributed by atoms with Gasteiger partial charge in [0.25, 0.3) is 11.5 Å². The highest BCUT2D eigenvalue weighted by atomic mass is 19.1. The van der Waals surface area contributed by atoms with Gasteiger partial charge in [0.2, 0.25) is 5.91 Å². The Morgan fingerprint density at radius 2 is 1.91 bits per heavy atom. The molecule has 1 saturated carbocycles. The summed E-state index contributed by atoms with van der Waals surface area (Å²) in [6.45, 7) is 0.849. The van der Waals surface area contributed by atoms with Gasteiger partial charge in [-0.15, -0.1) is 0 Å². The fourth-order valence-corrected chi connectivity index (χ4v) is 4.60. The number of aromatic nitrogens is 1. The fraction of sp³-hybridized carbons (Fsp3) is 0.400. The third kappa shape index (κ3) is 4.11. The number of fused-ring (bicyclic) bond motifs is 1. The molecule has 0 radical (unpaired) electrons. The average molecular weight is 435 g/mol. The number of halogens is 1. The molecule has 2 aliphatic carbocycles. The molecule has 1 fully saturated rings. The highest BCUT2D eigenvalue weighted by molar-refractivity contribution is 5.96. The van der Waals surface area contributed by atoms with Crippen molar-refractivity contribution >= 4 is 11.8 Å². The van der Waals surface area contributed by atoms with Gasteiger partial charge in [0.1, 0.15) is 11.4 Å². The van der Waals surface area contributed by atoms with E-state index >= 15 is 0 Å². The summed E-state index contributed by atoms with van der Waals surface area (Å²) in [7, 11) is 0. The molecule has 5 rings (SSSR count). The number of nitrogens with one attached hydrogen (secondary N) is 1. The van der Waals surface area contributed by atoms with Crippen LogP contribution in [0.5, 0.6) is 0 Å². The second kappa shape index (κ2) is 8.37. The molecule has 1 N–H and O–H groups in total. The number of allylic oxidation sites excluding steroid dienone is 2. The largest absolute Gasteiger partial charge is 0.349 e. The van der Waals surface area contributed by atoms with Gasteiger partial charge < -0.3 is 10.2 Å². The minimum Gasteiger partial charge on any atom is -0.349 e. The molecule has 1 aromatic carbocycles. The molecule has 1 atom stereocenters. The van der Waals surface area contributed by atoms with Gasteiger partial charge in [-0.1, -0.05) is 12.2 Å². The van der Waals surface area contributed by atoms with Crippen LogP contribution in [-0.4, -0.2) is 33.9 Å². The molecular weight excluding hydrogens is 409 g/mol. The summed E-state index contributed by atoms with van der Waals surface area (Å²) in [5, 5.41) is 2.93. The number of carbonyl (C=O) groups is 2. The van der Waals surface area contributed by atoms with Gasteiger partial charge in [0.05, 0.1) is 0 Å². The van der Waals surface area contributed by atoms with Crippen molar-refractivity contribution in [2.24, 2.45) is 5.92 Å². The van der Waals surface area contributed by atoms with Crippen LogP contribution in [0.2, 0.25) is 0 Å². The molecule has 1 unspecified atom stereocenters. The van der Waals surface area contributed by atoms with Crippen LogP contribution >= 0.6 is 0 Å². The molecule has 3 aliphatic rings. The quantitative estimate of drug-likeness (QED) is 0.734. The Kier molecular flexibility index (Phi) is 5.41. The van der Waals surface area contributed by atoms with E-state index in [1.807, 2.05) is 4.90 Å². The molecule has 0 saturated heterocycles. The Labute approximate surface area is 185 Å². The Bertz CT molecular complexity index is 1150. The summed E-state index contributed by atoms with van der Waals surface area (Å²) in [5.74, 6) is -0.377. The summed E-state index contributed by atoms with van der Waals surface area (Å²) in [4.78, 5) is 41.0. The highest BCUT2D eigenvalue weighted by Crippen LogP contribution is 2.27. The molecule has 0 bridgehead atoms. The molecule has 1 aromatic heterocycles. The molecule has 166 valence electrons. The highest BCUT2D eigenvalue weighted by Gasteiger charge is 2.31. The predicted octanol–water partition coefficient (Wildman–Crippen LogP) is 3.11. The summed E-state index contributed by atoms with van der Waals surface area (Å²) >= 11 is 0. The first-order valence-electron chi connectivity index (χ1n) is 11.3. The third-order valence-electron chi connectivity index (χ3n) is 6.55. The lowest BCUT2D eigenvalue weighted by Gasteiger charge is -2.31. The smallest absolute Gasteiger partial charge is 0.268 e. The van der Waals surface area contributed by atoms with E-state index in [1.54, 1.807) is 6.20 Å². The SMILES string of the molecule is O=C(NC1CC1)c1c2c(cn(-c3ccc(F)cc3)c1=O)CN(C(=O)CC1C=CCC1)CC2. The summed E-state index contributed by atoms with van der Waals surface area (Å²) in [6.07, 6.45) is 10.8. The molecular formula is C25H26FN3O3. The van der Waals surface area contributed by atoms with Crippen LogP contribution in [-0.2, 0) is 17.8 Å². The van der Waals surface area contributed by atoms with E-state index in [2.05, 4.69) is 17.5 Å². The molecule has 2 amide bonds. The summed E-state index contributed by atoms with van der Waals surface area (Å²) < 4.78 is 14.8. The minimum absolute atomic E-state index is 0.0933. The zero-order chi connectivity index (χ0) is 22.2. The maximum atomic E-state index is 13.4. The van der Waals surface area contributed by atoms with Crippen LogP contribution in [0.3, 0.4) is 0 Å². The molecule has 2 heterocycles. The molecule has 6 nitrogen and oxygen atoms in total. The van der Waals surface area contributed by atoms with E-state index in [4.69, 9.17) is 0 Å². The van der Waals surface area contributed by atoms with Gasteiger partial charge in [0, 0.05) is 37.4 Å². The Morgan fingerprint density at radius 1 is 1.12 bits per heavy atom. The lowest BCUT2D eigenvalue weighted by Crippen LogP contribution is -2.41. The van der Waals surface area contributed by atoms with E-state index in [1.165, 1.54) is 28.8 Å². The molecule has 0 spiro atoms. The van der Waals surface area contributed by atoms with Crippen molar-refractivity contribution in [3.05, 3.63) is 75.5 Å². The van der Waals surface area contributed by atoms with Crippen molar-refractivity contribution in [2.45, 2.75) is 51.1 Å². The number of hydrogen-bond acceptors (Lipinski definition) is 3. The molecule has 32 heavy (non-hydrogen) atoms. The minimum atomic E-state index is -0.413. The second-order valence-corrected chi connectivity index (χ2v) is 8.94. The van der Waals surface area contributed by atoms with Crippen LogP contribution in [0.25, 0.3) is 5.69 Å². The van der Waals surface area contributed by atoms with Crippen molar-refractivity contribution in [3.63, 3.8) is 0 Å². The standard InChI is InChI=1S/C25H26FN3O3/c26-18-5-9-20(10-6-18)29-15-17-14-28(22(30)13-16-3-1-2-4-16)12-11-21(17)23(25(29)32)24(31)27-19-7-8-19/h1,3,5-6,9-10,15-16,19H,2,4,7-8,11-14H2,(H,27,31). The first-order chi connectivity index (χ1) is 15.5. The van der Waals surface area contributed by atoms with Gasteiger partial charge in [0.15, 0.2) is 0 Å². The predicted molar refractivity (Wildman–Crippen MR) is 118 cm³/mol. The monoisotopic (exact) mass is 435 g/mol. The Hall–Kier alpha value is -3.22. The summed E-state index contributed by atoms with van der Waals surface area (Å²) in [6, 6.07) is 5.73. The van der Waals surface area contributed by atoms with E-state index in [0.717, 1.165) is 36.8 Å². The number of pyridine rings is 1. The van der Waals surface area contributed by atoms with Gasteiger partial charge in [-0.25, -0.2) is 4.39 Å². The molecule has 1 aliphatic heterocycles. The zero-order valence-electron chi connectivity index (χ0n) is 17.9. The first-order valence-corrected chi connectivity index (χ1v) is 11.3. The number of amides is 2.